The normalized spacial score (nSPS) is 14.4. The Morgan fingerprint density at radius 1 is 1.14 bits per heavy atom. The third-order valence-corrected chi connectivity index (χ3v) is 6.45. The molecule has 5 nitrogen and oxygen atoms in total. The standard InChI is InChI=1S/C23H24BrN3O2/c1-15-7-8-17(11-16(15)2)14-26(19-5-3-4-6-19)23-20-12-18(24)9-10-21(20)25-13-22(23)27(28)29/h7-13,19H,3-6,14H2,1-2H3. The van der Waals surface area contributed by atoms with Gasteiger partial charge in [0.25, 0.3) is 0 Å². The largest absolute Gasteiger partial charge is 0.358 e. The van der Waals surface area contributed by atoms with Crippen LogP contribution in [0.4, 0.5) is 11.4 Å². The molecule has 4 rings (SSSR count). The molecule has 1 fully saturated rings. The molecule has 3 aromatic rings. The van der Waals surface area contributed by atoms with Crippen LogP contribution in [0.3, 0.4) is 0 Å². The summed E-state index contributed by atoms with van der Waals surface area (Å²) in [6.07, 6.45) is 5.84. The maximum atomic E-state index is 11.9. The summed E-state index contributed by atoms with van der Waals surface area (Å²) in [5, 5.41) is 12.8. The predicted octanol–water partition coefficient (Wildman–Crippen LogP) is 6.47. The number of hydrogen-bond acceptors (Lipinski definition) is 4. The highest BCUT2D eigenvalue weighted by Gasteiger charge is 2.30. The van der Waals surface area contributed by atoms with E-state index < -0.39 is 0 Å². The summed E-state index contributed by atoms with van der Waals surface area (Å²) in [6, 6.07) is 12.5. The number of rotatable bonds is 5. The second kappa shape index (κ2) is 8.11. The van der Waals surface area contributed by atoms with E-state index in [4.69, 9.17) is 0 Å². The van der Waals surface area contributed by atoms with Crippen molar-refractivity contribution >= 4 is 38.2 Å². The van der Waals surface area contributed by atoms with E-state index >= 15 is 0 Å². The van der Waals surface area contributed by atoms with Gasteiger partial charge in [0.15, 0.2) is 0 Å². The predicted molar refractivity (Wildman–Crippen MR) is 120 cm³/mol. The Kier molecular flexibility index (Phi) is 5.54. The van der Waals surface area contributed by atoms with Gasteiger partial charge in [-0.1, -0.05) is 47.0 Å². The Labute approximate surface area is 179 Å². The quantitative estimate of drug-likeness (QED) is 0.327. The Bertz CT molecular complexity index is 1080. The third-order valence-electron chi connectivity index (χ3n) is 5.96. The van der Waals surface area contributed by atoms with Gasteiger partial charge in [-0.15, -0.1) is 0 Å². The van der Waals surface area contributed by atoms with Crippen LogP contribution in [0.15, 0.2) is 47.1 Å². The van der Waals surface area contributed by atoms with Gasteiger partial charge in [-0.2, -0.15) is 0 Å². The van der Waals surface area contributed by atoms with Crippen LogP contribution in [-0.4, -0.2) is 15.9 Å². The highest BCUT2D eigenvalue weighted by Crippen LogP contribution is 2.40. The summed E-state index contributed by atoms with van der Waals surface area (Å²) in [5.74, 6) is 0. The first-order valence-corrected chi connectivity index (χ1v) is 10.8. The lowest BCUT2D eigenvalue weighted by molar-refractivity contribution is -0.384. The second-order valence-corrected chi connectivity index (χ2v) is 8.81. The number of fused-ring (bicyclic) bond motifs is 1. The van der Waals surface area contributed by atoms with Gasteiger partial charge in [0.1, 0.15) is 11.9 Å². The number of hydrogen-bond donors (Lipinski definition) is 0. The fourth-order valence-corrected chi connectivity index (χ4v) is 4.64. The molecule has 0 atom stereocenters. The molecule has 0 bridgehead atoms. The summed E-state index contributed by atoms with van der Waals surface area (Å²) >= 11 is 3.53. The van der Waals surface area contributed by atoms with Gasteiger partial charge in [-0.3, -0.25) is 10.1 Å². The summed E-state index contributed by atoms with van der Waals surface area (Å²) < 4.78 is 0.895. The highest BCUT2D eigenvalue weighted by atomic mass is 79.9. The molecule has 29 heavy (non-hydrogen) atoms. The average molecular weight is 454 g/mol. The summed E-state index contributed by atoms with van der Waals surface area (Å²) in [6.45, 7) is 4.87. The molecule has 0 unspecified atom stereocenters. The van der Waals surface area contributed by atoms with Crippen molar-refractivity contribution in [1.82, 2.24) is 4.98 Å². The van der Waals surface area contributed by atoms with Crippen LogP contribution in [0.5, 0.6) is 0 Å². The molecule has 0 spiro atoms. The van der Waals surface area contributed by atoms with Crippen LogP contribution in [0.25, 0.3) is 10.9 Å². The molecule has 1 aliphatic rings. The molecule has 1 aliphatic carbocycles. The molecule has 1 saturated carbocycles. The number of pyridine rings is 1. The van der Waals surface area contributed by atoms with Crippen molar-refractivity contribution in [3.05, 3.63) is 73.9 Å². The van der Waals surface area contributed by atoms with Crippen LogP contribution in [0.2, 0.25) is 0 Å². The van der Waals surface area contributed by atoms with Crippen LogP contribution in [-0.2, 0) is 6.54 Å². The second-order valence-electron chi connectivity index (χ2n) is 7.90. The van der Waals surface area contributed by atoms with E-state index in [1.165, 1.54) is 22.9 Å². The van der Waals surface area contributed by atoms with E-state index in [1.807, 2.05) is 18.2 Å². The number of nitrogens with zero attached hydrogens (tertiary/aromatic N) is 3. The SMILES string of the molecule is Cc1ccc(CN(c2c([N+](=O)[O-])cnc3ccc(Br)cc23)C2CCCC2)cc1C. The molecular weight excluding hydrogens is 430 g/mol. The zero-order valence-corrected chi connectivity index (χ0v) is 18.3. The minimum Gasteiger partial charge on any atom is -0.358 e. The smallest absolute Gasteiger partial charge is 0.311 e. The van der Waals surface area contributed by atoms with Gasteiger partial charge in [-0.25, -0.2) is 4.98 Å². The van der Waals surface area contributed by atoms with E-state index in [2.05, 4.69) is 57.9 Å². The topological polar surface area (TPSA) is 59.3 Å². The van der Waals surface area contributed by atoms with Crippen molar-refractivity contribution in [2.24, 2.45) is 0 Å². The maximum Gasteiger partial charge on any atom is 0.311 e. The number of benzene rings is 2. The van der Waals surface area contributed by atoms with Crippen molar-refractivity contribution in [1.29, 1.82) is 0 Å². The van der Waals surface area contributed by atoms with Crippen molar-refractivity contribution < 1.29 is 4.92 Å². The van der Waals surface area contributed by atoms with Crippen molar-refractivity contribution in [3.63, 3.8) is 0 Å². The van der Waals surface area contributed by atoms with Crippen molar-refractivity contribution in [3.8, 4) is 0 Å². The zero-order valence-electron chi connectivity index (χ0n) is 16.7. The van der Waals surface area contributed by atoms with Gasteiger partial charge < -0.3 is 4.90 Å². The van der Waals surface area contributed by atoms with Crippen LogP contribution >= 0.6 is 15.9 Å². The van der Waals surface area contributed by atoms with Gasteiger partial charge in [-0.05, 0) is 61.6 Å². The van der Waals surface area contributed by atoms with Gasteiger partial charge in [0, 0.05) is 22.4 Å². The Balaban J connectivity index is 1.90. The Morgan fingerprint density at radius 2 is 1.90 bits per heavy atom. The van der Waals surface area contributed by atoms with Crippen molar-refractivity contribution in [2.75, 3.05) is 4.90 Å². The number of halogens is 1. The van der Waals surface area contributed by atoms with E-state index in [9.17, 15) is 10.1 Å². The highest BCUT2D eigenvalue weighted by molar-refractivity contribution is 9.10. The summed E-state index contributed by atoms with van der Waals surface area (Å²) in [7, 11) is 0. The zero-order chi connectivity index (χ0) is 20.5. The first-order chi connectivity index (χ1) is 13.9. The number of nitro groups is 1. The van der Waals surface area contributed by atoms with Crippen LogP contribution in [0, 0.1) is 24.0 Å². The summed E-state index contributed by atoms with van der Waals surface area (Å²) in [5.41, 5.74) is 5.21. The first-order valence-electron chi connectivity index (χ1n) is 9.99. The molecule has 0 N–H and O–H groups in total. The lowest BCUT2D eigenvalue weighted by Crippen LogP contribution is -2.33. The molecule has 1 heterocycles. The third kappa shape index (κ3) is 3.99. The number of anilines is 1. The van der Waals surface area contributed by atoms with E-state index in [-0.39, 0.29) is 10.6 Å². The Morgan fingerprint density at radius 3 is 2.59 bits per heavy atom. The molecule has 0 saturated heterocycles. The molecular formula is C23H24BrN3O2. The van der Waals surface area contributed by atoms with E-state index in [0.717, 1.165) is 41.1 Å². The minimum atomic E-state index is -0.301. The Hall–Kier alpha value is -2.47. The number of aryl methyl sites for hydroxylation is 2. The molecule has 1 aromatic heterocycles. The minimum absolute atomic E-state index is 0.0753. The van der Waals surface area contributed by atoms with E-state index in [1.54, 1.807) is 0 Å². The lowest BCUT2D eigenvalue weighted by Gasteiger charge is -2.32. The van der Waals surface area contributed by atoms with Crippen molar-refractivity contribution in [2.45, 2.75) is 52.1 Å². The van der Waals surface area contributed by atoms with E-state index in [0.29, 0.717) is 18.3 Å². The molecule has 0 radical (unpaired) electrons. The van der Waals surface area contributed by atoms with Crippen LogP contribution < -0.4 is 4.90 Å². The van der Waals surface area contributed by atoms with Gasteiger partial charge in [0.2, 0.25) is 0 Å². The lowest BCUT2D eigenvalue weighted by atomic mass is 10.0. The first kappa shape index (κ1) is 19.8. The average Bonchev–Trinajstić information content (AvgIpc) is 3.22. The maximum absolute atomic E-state index is 11.9. The monoisotopic (exact) mass is 453 g/mol. The molecule has 6 heteroatoms. The molecule has 0 aliphatic heterocycles. The molecule has 0 amide bonds. The van der Waals surface area contributed by atoms with Gasteiger partial charge >= 0.3 is 5.69 Å². The summed E-state index contributed by atoms with van der Waals surface area (Å²) in [4.78, 5) is 18.3. The molecule has 2 aromatic carbocycles. The van der Waals surface area contributed by atoms with Gasteiger partial charge in [0.05, 0.1) is 10.4 Å². The molecule has 150 valence electrons. The fraction of sp³-hybridized carbons (Fsp3) is 0.348. The number of aromatic nitrogens is 1. The fourth-order valence-electron chi connectivity index (χ4n) is 4.28. The van der Waals surface area contributed by atoms with Crippen LogP contribution in [0.1, 0.15) is 42.4 Å².